The van der Waals surface area contributed by atoms with Gasteiger partial charge in [-0.3, -0.25) is 0 Å². The van der Waals surface area contributed by atoms with Crippen molar-refractivity contribution in [3.63, 3.8) is 0 Å². The molecule has 0 aromatic heterocycles. The Morgan fingerprint density at radius 2 is 1.62 bits per heavy atom. The Balaban J connectivity index is 2.84. The minimum Gasteiger partial charge on any atom is -0.371 e. The van der Waals surface area contributed by atoms with Gasteiger partial charge in [0.15, 0.2) is 0 Å². The van der Waals surface area contributed by atoms with Gasteiger partial charge in [0, 0.05) is 24.1 Å². The van der Waals surface area contributed by atoms with Crippen molar-refractivity contribution in [1.29, 1.82) is 0 Å². The first-order chi connectivity index (χ1) is 9.93. The van der Waals surface area contributed by atoms with E-state index in [0.29, 0.717) is 0 Å². The molecule has 0 atom stereocenters. The van der Waals surface area contributed by atoms with Crippen molar-refractivity contribution < 1.29 is 0 Å². The van der Waals surface area contributed by atoms with Crippen LogP contribution in [0, 0.1) is 11.8 Å². The van der Waals surface area contributed by atoms with Crippen molar-refractivity contribution in [2.45, 2.75) is 47.1 Å². The molecule has 1 N–H and O–H groups in total. The van der Waals surface area contributed by atoms with Crippen LogP contribution in [0.25, 0.3) is 0 Å². The molecular formula is C18H31BrN2. The molecule has 1 rings (SSSR count). The van der Waals surface area contributed by atoms with Gasteiger partial charge in [-0.2, -0.15) is 0 Å². The molecule has 0 bridgehead atoms. The number of nitrogens with zero attached hydrogens (tertiary/aromatic N) is 1. The lowest BCUT2D eigenvalue weighted by Gasteiger charge is -2.28. The zero-order valence-electron chi connectivity index (χ0n) is 14.2. The standard InChI is InChI=1S/C18H31BrN2/c1-14(2)8-10-21(11-9-15(3)4)18-7-6-16(13-20-5)12-17(18)19/h6-7,12,14-15,20H,8-11,13H2,1-5H3. The maximum Gasteiger partial charge on any atom is 0.0510 e. The van der Waals surface area contributed by atoms with E-state index in [1.54, 1.807) is 0 Å². The van der Waals surface area contributed by atoms with Crippen LogP contribution < -0.4 is 10.2 Å². The van der Waals surface area contributed by atoms with Crippen LogP contribution in [0.4, 0.5) is 5.69 Å². The van der Waals surface area contributed by atoms with Crippen LogP contribution in [-0.2, 0) is 6.54 Å². The highest BCUT2D eigenvalue weighted by Gasteiger charge is 2.12. The van der Waals surface area contributed by atoms with Crippen LogP contribution in [0.3, 0.4) is 0 Å². The minimum absolute atomic E-state index is 0.744. The van der Waals surface area contributed by atoms with Gasteiger partial charge < -0.3 is 10.2 Å². The number of benzene rings is 1. The molecule has 0 saturated carbocycles. The lowest BCUT2D eigenvalue weighted by atomic mass is 10.1. The Labute approximate surface area is 139 Å². The monoisotopic (exact) mass is 354 g/mol. The first kappa shape index (κ1) is 18.5. The lowest BCUT2D eigenvalue weighted by Crippen LogP contribution is -2.28. The van der Waals surface area contributed by atoms with Crippen molar-refractivity contribution in [3.05, 3.63) is 28.2 Å². The number of rotatable bonds is 9. The Morgan fingerprint density at radius 1 is 1.05 bits per heavy atom. The lowest BCUT2D eigenvalue weighted by molar-refractivity contribution is 0.535. The van der Waals surface area contributed by atoms with E-state index in [-0.39, 0.29) is 0 Å². The quantitative estimate of drug-likeness (QED) is 0.665. The fraction of sp³-hybridized carbons (Fsp3) is 0.667. The largest absolute Gasteiger partial charge is 0.371 e. The summed E-state index contributed by atoms with van der Waals surface area (Å²) in [5.41, 5.74) is 2.65. The third-order valence-corrected chi connectivity index (χ3v) is 4.32. The molecule has 0 aliphatic carbocycles. The van der Waals surface area contributed by atoms with Gasteiger partial charge in [0.2, 0.25) is 0 Å². The van der Waals surface area contributed by atoms with Crippen LogP contribution in [0.1, 0.15) is 46.1 Å². The number of nitrogens with one attached hydrogen (secondary N) is 1. The Kier molecular flexibility index (Phi) is 8.35. The van der Waals surface area contributed by atoms with Crippen molar-refractivity contribution in [2.75, 3.05) is 25.0 Å². The number of halogens is 1. The zero-order chi connectivity index (χ0) is 15.8. The topological polar surface area (TPSA) is 15.3 Å². The average molecular weight is 355 g/mol. The molecule has 1 aromatic rings. The second-order valence-corrected chi connectivity index (χ2v) is 7.52. The van der Waals surface area contributed by atoms with Crippen LogP contribution >= 0.6 is 15.9 Å². The molecule has 0 spiro atoms. The van der Waals surface area contributed by atoms with E-state index in [1.165, 1.54) is 28.6 Å². The molecule has 21 heavy (non-hydrogen) atoms. The molecule has 3 heteroatoms. The summed E-state index contributed by atoms with van der Waals surface area (Å²) < 4.78 is 1.21. The number of anilines is 1. The van der Waals surface area contributed by atoms with Gasteiger partial charge in [-0.1, -0.05) is 33.8 Å². The van der Waals surface area contributed by atoms with E-state index in [0.717, 1.165) is 31.5 Å². The van der Waals surface area contributed by atoms with Gasteiger partial charge in [0.05, 0.1) is 5.69 Å². The Hall–Kier alpha value is -0.540. The maximum atomic E-state index is 3.76. The maximum absolute atomic E-state index is 3.76. The van der Waals surface area contributed by atoms with Gasteiger partial charge in [-0.05, 0) is 65.4 Å². The molecule has 120 valence electrons. The Bertz CT molecular complexity index is 404. The van der Waals surface area contributed by atoms with Crippen LogP contribution in [0.15, 0.2) is 22.7 Å². The molecule has 0 heterocycles. The van der Waals surface area contributed by atoms with Gasteiger partial charge in [-0.15, -0.1) is 0 Å². The average Bonchev–Trinajstić information content (AvgIpc) is 2.40. The van der Waals surface area contributed by atoms with Crippen LogP contribution in [0.5, 0.6) is 0 Å². The van der Waals surface area contributed by atoms with E-state index >= 15 is 0 Å². The SMILES string of the molecule is CNCc1ccc(N(CCC(C)C)CCC(C)C)c(Br)c1. The molecular weight excluding hydrogens is 324 g/mol. The summed E-state index contributed by atoms with van der Waals surface area (Å²) in [6.07, 6.45) is 2.48. The van der Waals surface area contributed by atoms with Crippen molar-refractivity contribution in [1.82, 2.24) is 5.32 Å². The molecule has 0 radical (unpaired) electrons. The number of hydrogen-bond donors (Lipinski definition) is 1. The third-order valence-electron chi connectivity index (χ3n) is 3.69. The van der Waals surface area contributed by atoms with E-state index in [4.69, 9.17) is 0 Å². The molecule has 2 nitrogen and oxygen atoms in total. The predicted octanol–water partition coefficient (Wildman–Crippen LogP) is 5.07. The highest BCUT2D eigenvalue weighted by atomic mass is 79.9. The summed E-state index contributed by atoms with van der Waals surface area (Å²) in [5, 5.41) is 3.21. The van der Waals surface area contributed by atoms with Gasteiger partial charge in [-0.25, -0.2) is 0 Å². The summed E-state index contributed by atoms with van der Waals surface area (Å²) in [4.78, 5) is 2.53. The van der Waals surface area contributed by atoms with Crippen LogP contribution in [0.2, 0.25) is 0 Å². The highest BCUT2D eigenvalue weighted by molar-refractivity contribution is 9.10. The molecule has 0 aliphatic heterocycles. The molecule has 0 aliphatic rings. The fourth-order valence-electron chi connectivity index (χ4n) is 2.30. The first-order valence-corrected chi connectivity index (χ1v) is 8.91. The summed E-state index contributed by atoms with van der Waals surface area (Å²) in [5.74, 6) is 1.49. The third kappa shape index (κ3) is 6.84. The van der Waals surface area contributed by atoms with E-state index < -0.39 is 0 Å². The normalized spacial score (nSPS) is 11.4. The van der Waals surface area contributed by atoms with Gasteiger partial charge in [0.25, 0.3) is 0 Å². The van der Waals surface area contributed by atoms with E-state index in [2.05, 4.69) is 72.0 Å². The summed E-state index contributed by atoms with van der Waals surface area (Å²) in [6, 6.07) is 6.73. The van der Waals surface area contributed by atoms with Gasteiger partial charge in [0.1, 0.15) is 0 Å². The predicted molar refractivity (Wildman–Crippen MR) is 98.0 cm³/mol. The van der Waals surface area contributed by atoms with Gasteiger partial charge >= 0.3 is 0 Å². The summed E-state index contributed by atoms with van der Waals surface area (Å²) >= 11 is 3.76. The van der Waals surface area contributed by atoms with Crippen molar-refractivity contribution >= 4 is 21.6 Å². The molecule has 0 amide bonds. The first-order valence-electron chi connectivity index (χ1n) is 8.12. The fourth-order valence-corrected chi connectivity index (χ4v) is 2.98. The Morgan fingerprint density at radius 3 is 2.05 bits per heavy atom. The van der Waals surface area contributed by atoms with Crippen molar-refractivity contribution in [3.8, 4) is 0 Å². The highest BCUT2D eigenvalue weighted by Crippen LogP contribution is 2.28. The van der Waals surface area contributed by atoms with Crippen molar-refractivity contribution in [2.24, 2.45) is 11.8 Å². The zero-order valence-corrected chi connectivity index (χ0v) is 15.8. The molecule has 0 fully saturated rings. The second-order valence-electron chi connectivity index (χ2n) is 6.67. The molecule has 1 aromatic carbocycles. The summed E-state index contributed by atoms with van der Waals surface area (Å²) in [6.45, 7) is 12.4. The van der Waals surface area contributed by atoms with E-state index in [9.17, 15) is 0 Å². The minimum atomic E-state index is 0.744. The van der Waals surface area contributed by atoms with E-state index in [1.807, 2.05) is 7.05 Å². The number of hydrogen-bond acceptors (Lipinski definition) is 2. The smallest absolute Gasteiger partial charge is 0.0510 e. The molecule has 0 saturated heterocycles. The second kappa shape index (κ2) is 9.47. The molecule has 0 unspecified atom stereocenters. The summed E-state index contributed by atoms with van der Waals surface area (Å²) in [7, 11) is 1.99. The van der Waals surface area contributed by atoms with Crippen LogP contribution in [-0.4, -0.2) is 20.1 Å².